The Hall–Kier alpha value is -2.37. The van der Waals surface area contributed by atoms with Gasteiger partial charge in [0, 0.05) is 0 Å². The minimum Gasteiger partial charge on any atom is -0.476 e. The Morgan fingerprint density at radius 1 is 1.22 bits per heavy atom. The largest absolute Gasteiger partial charge is 0.476 e. The van der Waals surface area contributed by atoms with E-state index in [-0.39, 0.29) is 5.75 Å². The van der Waals surface area contributed by atoms with Crippen LogP contribution >= 0.6 is 0 Å². The van der Waals surface area contributed by atoms with Crippen LogP contribution in [0.3, 0.4) is 0 Å². The summed E-state index contributed by atoms with van der Waals surface area (Å²) in [7, 11) is 0. The molecule has 0 radical (unpaired) electrons. The minimum atomic E-state index is -3.79. The zero-order chi connectivity index (χ0) is 13.8. The van der Waals surface area contributed by atoms with Gasteiger partial charge in [-0.25, -0.2) is 9.59 Å². The number of allylic oxidation sites excluding steroid dienone is 1. The first-order chi connectivity index (χ1) is 8.40. The minimum absolute atomic E-state index is 0.185. The number of alkyl halides is 1. The zero-order valence-corrected chi connectivity index (χ0v) is 9.46. The third kappa shape index (κ3) is 2.85. The van der Waals surface area contributed by atoms with Crippen molar-refractivity contribution < 1.29 is 28.9 Å². The molecule has 0 aliphatic heterocycles. The fourth-order valence-corrected chi connectivity index (χ4v) is 1.18. The molecule has 0 aliphatic carbocycles. The van der Waals surface area contributed by atoms with Crippen LogP contribution in [0.15, 0.2) is 30.3 Å². The summed E-state index contributed by atoms with van der Waals surface area (Å²) in [4.78, 5) is 21.1. The average Bonchev–Trinajstić information content (AvgIpc) is 2.31. The SMILES string of the molecule is CC=Cc1ccc(OC(F)(C(=O)O)C(=O)O)cc1. The molecule has 0 amide bonds. The molecule has 0 heterocycles. The van der Waals surface area contributed by atoms with Gasteiger partial charge in [-0.15, -0.1) is 0 Å². The highest BCUT2D eigenvalue weighted by molar-refractivity contribution is 6.00. The van der Waals surface area contributed by atoms with Gasteiger partial charge in [-0.2, -0.15) is 4.39 Å². The molecule has 96 valence electrons. The van der Waals surface area contributed by atoms with E-state index in [0.717, 1.165) is 5.56 Å². The highest BCUT2D eigenvalue weighted by Crippen LogP contribution is 2.21. The number of carboxylic acid groups (broad SMARTS) is 2. The maximum absolute atomic E-state index is 13.5. The lowest BCUT2D eigenvalue weighted by Gasteiger charge is -2.17. The van der Waals surface area contributed by atoms with Gasteiger partial charge in [0.1, 0.15) is 5.75 Å². The van der Waals surface area contributed by atoms with E-state index in [1.54, 1.807) is 24.3 Å². The van der Waals surface area contributed by atoms with Crippen molar-refractivity contribution in [3.8, 4) is 5.75 Å². The van der Waals surface area contributed by atoms with Gasteiger partial charge in [0.2, 0.25) is 0 Å². The Balaban J connectivity index is 2.95. The number of halogens is 1. The van der Waals surface area contributed by atoms with Crippen molar-refractivity contribution in [3.63, 3.8) is 0 Å². The zero-order valence-electron chi connectivity index (χ0n) is 9.46. The van der Waals surface area contributed by atoms with Gasteiger partial charge in [-0.3, -0.25) is 0 Å². The lowest BCUT2D eigenvalue weighted by Crippen LogP contribution is -2.47. The number of rotatable bonds is 5. The average molecular weight is 254 g/mol. The first-order valence-electron chi connectivity index (χ1n) is 4.97. The van der Waals surface area contributed by atoms with E-state index in [0.29, 0.717) is 0 Å². The van der Waals surface area contributed by atoms with Crippen molar-refractivity contribution in [1.82, 2.24) is 0 Å². The standard InChI is InChI=1S/C12H11FO5/c1-2-3-8-4-6-9(7-5-8)18-12(13,10(14)15)11(16)17/h2-7H,1H3,(H,14,15)(H,16,17). The molecule has 0 atom stereocenters. The smallest absolute Gasteiger partial charge is 0.443 e. The first-order valence-corrected chi connectivity index (χ1v) is 4.97. The Morgan fingerprint density at radius 3 is 2.11 bits per heavy atom. The highest BCUT2D eigenvalue weighted by Gasteiger charge is 2.50. The van der Waals surface area contributed by atoms with E-state index in [9.17, 15) is 14.0 Å². The maximum atomic E-state index is 13.5. The molecule has 1 aromatic carbocycles. The van der Waals surface area contributed by atoms with Gasteiger partial charge < -0.3 is 14.9 Å². The molecular weight excluding hydrogens is 243 g/mol. The van der Waals surface area contributed by atoms with Gasteiger partial charge in [0.15, 0.2) is 0 Å². The number of benzene rings is 1. The van der Waals surface area contributed by atoms with Crippen LogP contribution in [0.2, 0.25) is 0 Å². The van der Waals surface area contributed by atoms with Crippen LogP contribution in [0.1, 0.15) is 12.5 Å². The third-order valence-electron chi connectivity index (χ3n) is 2.05. The summed E-state index contributed by atoms with van der Waals surface area (Å²) in [5, 5.41) is 17.0. The van der Waals surface area contributed by atoms with Gasteiger partial charge in [-0.05, 0) is 24.6 Å². The molecule has 2 N–H and O–H groups in total. The maximum Gasteiger partial charge on any atom is 0.443 e. The van der Waals surface area contributed by atoms with Gasteiger partial charge in [0.05, 0.1) is 0 Å². The van der Waals surface area contributed by atoms with Crippen molar-refractivity contribution in [2.24, 2.45) is 0 Å². The van der Waals surface area contributed by atoms with E-state index in [1.807, 2.05) is 6.92 Å². The van der Waals surface area contributed by atoms with Crippen LogP contribution in [-0.2, 0) is 9.59 Å². The van der Waals surface area contributed by atoms with Gasteiger partial charge in [0.25, 0.3) is 0 Å². The van der Waals surface area contributed by atoms with E-state index in [2.05, 4.69) is 4.74 Å². The van der Waals surface area contributed by atoms with Crippen molar-refractivity contribution >= 4 is 18.0 Å². The van der Waals surface area contributed by atoms with Crippen molar-refractivity contribution in [2.75, 3.05) is 0 Å². The molecule has 0 unspecified atom stereocenters. The van der Waals surface area contributed by atoms with Crippen LogP contribution in [-0.4, -0.2) is 28.0 Å². The number of hydrogen-bond acceptors (Lipinski definition) is 3. The fourth-order valence-electron chi connectivity index (χ4n) is 1.18. The summed E-state index contributed by atoms with van der Waals surface area (Å²) in [6, 6.07) is 5.66. The van der Waals surface area contributed by atoms with E-state index >= 15 is 0 Å². The molecule has 0 bridgehead atoms. The molecule has 18 heavy (non-hydrogen) atoms. The number of carbonyl (C=O) groups is 2. The molecule has 0 spiro atoms. The fraction of sp³-hybridized carbons (Fsp3) is 0.167. The van der Waals surface area contributed by atoms with Crippen molar-refractivity contribution in [1.29, 1.82) is 0 Å². The van der Waals surface area contributed by atoms with Gasteiger partial charge in [-0.1, -0.05) is 24.3 Å². The predicted octanol–water partition coefficient (Wildman–Crippen LogP) is 1.93. The molecule has 0 saturated heterocycles. The third-order valence-corrected chi connectivity index (χ3v) is 2.05. The second kappa shape index (κ2) is 5.31. The molecule has 1 rings (SSSR count). The lowest BCUT2D eigenvalue weighted by molar-refractivity contribution is -0.191. The summed E-state index contributed by atoms with van der Waals surface area (Å²) < 4.78 is 17.9. The summed E-state index contributed by atoms with van der Waals surface area (Å²) in [6.45, 7) is 1.81. The topological polar surface area (TPSA) is 83.8 Å². The number of ether oxygens (including phenoxy) is 1. The van der Waals surface area contributed by atoms with Crippen LogP contribution in [0.25, 0.3) is 6.08 Å². The normalized spacial score (nSPS) is 11.4. The van der Waals surface area contributed by atoms with E-state index in [1.165, 1.54) is 12.1 Å². The van der Waals surface area contributed by atoms with E-state index in [4.69, 9.17) is 10.2 Å². The van der Waals surface area contributed by atoms with Crippen molar-refractivity contribution in [3.05, 3.63) is 35.9 Å². The Bertz CT molecular complexity index is 464. The monoisotopic (exact) mass is 254 g/mol. The first kappa shape index (κ1) is 13.7. The van der Waals surface area contributed by atoms with Crippen LogP contribution in [0.4, 0.5) is 4.39 Å². The second-order valence-electron chi connectivity index (χ2n) is 3.38. The van der Waals surface area contributed by atoms with Gasteiger partial charge >= 0.3 is 17.8 Å². The molecule has 1 aromatic rings. The Labute approximate surface area is 102 Å². The van der Waals surface area contributed by atoms with Crippen LogP contribution in [0.5, 0.6) is 5.75 Å². The number of hydrogen-bond donors (Lipinski definition) is 2. The Morgan fingerprint density at radius 2 is 1.72 bits per heavy atom. The molecule has 0 aliphatic rings. The van der Waals surface area contributed by atoms with Crippen LogP contribution < -0.4 is 4.74 Å². The second-order valence-corrected chi connectivity index (χ2v) is 3.38. The molecule has 0 fully saturated rings. The quantitative estimate of drug-likeness (QED) is 0.784. The highest BCUT2D eigenvalue weighted by atomic mass is 19.2. The molecule has 0 aromatic heterocycles. The number of carboxylic acids is 2. The summed E-state index contributed by atoms with van der Waals surface area (Å²) >= 11 is 0. The molecule has 6 heteroatoms. The summed E-state index contributed by atoms with van der Waals surface area (Å²) in [6.07, 6.45) is 3.55. The van der Waals surface area contributed by atoms with Crippen LogP contribution in [0, 0.1) is 0 Å². The van der Waals surface area contributed by atoms with Crippen molar-refractivity contribution in [2.45, 2.75) is 12.8 Å². The Kier molecular flexibility index (Phi) is 4.04. The molecule has 0 saturated carbocycles. The number of aliphatic carboxylic acids is 2. The summed E-state index contributed by atoms with van der Waals surface area (Å²) in [5.41, 5.74) is 0.792. The summed E-state index contributed by atoms with van der Waals surface area (Å²) in [5.74, 6) is -8.40. The van der Waals surface area contributed by atoms with E-state index < -0.39 is 17.8 Å². The molecule has 5 nitrogen and oxygen atoms in total. The predicted molar refractivity (Wildman–Crippen MR) is 60.9 cm³/mol. The molecular formula is C12H11FO5. The lowest BCUT2D eigenvalue weighted by atomic mass is 10.2.